The minimum absolute atomic E-state index is 0.0988. The van der Waals surface area contributed by atoms with Crippen molar-refractivity contribution in [3.8, 4) is 39.3 Å². The van der Waals surface area contributed by atoms with Gasteiger partial charge in [-0.15, -0.1) is 0 Å². The van der Waals surface area contributed by atoms with Gasteiger partial charge in [0, 0.05) is 35.0 Å². The highest BCUT2D eigenvalue weighted by Gasteiger charge is 2.29. The Kier molecular flexibility index (Phi) is 10.1. The van der Waals surface area contributed by atoms with Gasteiger partial charge in [-0.25, -0.2) is 26.3 Å². The fourth-order valence-corrected chi connectivity index (χ4v) is 4.94. The molecule has 0 radical (unpaired) electrons. The summed E-state index contributed by atoms with van der Waals surface area (Å²) in [6.07, 6.45) is 2.63. The highest BCUT2D eigenvalue weighted by molar-refractivity contribution is 5.70. The summed E-state index contributed by atoms with van der Waals surface area (Å²) in [6.45, 7) is 2.14. The van der Waals surface area contributed by atoms with Crippen LogP contribution in [0.2, 0.25) is 0 Å². The number of hydrogen-bond donors (Lipinski definition) is 0. The first-order valence-corrected chi connectivity index (χ1v) is 14.7. The molecule has 4 aromatic carbocycles. The van der Waals surface area contributed by atoms with Crippen molar-refractivity contribution < 1.29 is 39.9 Å². The van der Waals surface area contributed by atoms with Crippen molar-refractivity contribution in [2.24, 2.45) is 0 Å². The summed E-state index contributed by atoms with van der Waals surface area (Å²) >= 11 is 0. The average molecular weight is 654 g/mol. The second-order valence-corrected chi connectivity index (χ2v) is 10.8. The number of benzene rings is 4. The average Bonchev–Trinajstić information content (AvgIpc) is 3.03. The largest absolute Gasteiger partial charge is 0.429 e. The summed E-state index contributed by atoms with van der Waals surface area (Å²) in [7, 11) is 0. The van der Waals surface area contributed by atoms with Crippen LogP contribution >= 0.6 is 0 Å². The second-order valence-electron chi connectivity index (χ2n) is 10.8. The first-order chi connectivity index (χ1) is 22.4. The van der Waals surface area contributed by atoms with Crippen molar-refractivity contribution in [3.05, 3.63) is 137 Å². The minimum atomic E-state index is -4.14. The fraction of sp³-hybridized carbons (Fsp3) is 0.162. The molecule has 47 heavy (non-hydrogen) atoms. The van der Waals surface area contributed by atoms with Gasteiger partial charge in [0.2, 0.25) is 0 Å². The highest BCUT2D eigenvalue weighted by Crippen LogP contribution is 2.32. The van der Waals surface area contributed by atoms with Gasteiger partial charge in [-0.3, -0.25) is 4.98 Å². The third-order valence-electron chi connectivity index (χ3n) is 7.42. The number of aryl methyl sites for hydroxylation is 1. The Morgan fingerprint density at radius 1 is 0.660 bits per heavy atom. The Labute approximate surface area is 266 Å². The zero-order valence-electron chi connectivity index (χ0n) is 24.9. The van der Waals surface area contributed by atoms with Gasteiger partial charge in [-0.2, -0.15) is 8.78 Å². The van der Waals surface area contributed by atoms with Crippen LogP contribution < -0.4 is 4.74 Å². The van der Waals surface area contributed by atoms with Crippen LogP contribution in [0.15, 0.2) is 91.1 Å². The lowest BCUT2D eigenvalue weighted by Gasteiger charge is -2.15. The Morgan fingerprint density at radius 3 is 1.89 bits per heavy atom. The number of halogens is 8. The van der Waals surface area contributed by atoms with Crippen LogP contribution in [0.3, 0.4) is 0 Å². The van der Waals surface area contributed by atoms with Crippen molar-refractivity contribution >= 4 is 6.08 Å². The van der Waals surface area contributed by atoms with E-state index in [2.05, 4.69) is 16.6 Å². The number of hydrogen-bond acceptors (Lipinski definition) is 2. The lowest BCUT2D eigenvalue weighted by molar-refractivity contribution is -0.131. The van der Waals surface area contributed by atoms with Gasteiger partial charge >= 0.3 is 6.11 Å². The van der Waals surface area contributed by atoms with Crippen molar-refractivity contribution in [1.82, 2.24) is 4.98 Å². The molecule has 1 aromatic heterocycles. The number of rotatable bonds is 11. The molecule has 0 spiro atoms. The van der Waals surface area contributed by atoms with E-state index in [4.69, 9.17) is 0 Å². The molecule has 0 saturated carbocycles. The van der Waals surface area contributed by atoms with Crippen LogP contribution in [0.4, 0.5) is 35.1 Å². The van der Waals surface area contributed by atoms with Crippen LogP contribution in [0.1, 0.15) is 37.3 Å². The summed E-state index contributed by atoms with van der Waals surface area (Å²) in [5.41, 5.74) is 1.84. The van der Waals surface area contributed by atoms with E-state index < -0.39 is 57.9 Å². The molecule has 0 bridgehead atoms. The maximum absolute atomic E-state index is 14.9. The van der Waals surface area contributed by atoms with E-state index in [-0.39, 0.29) is 17.2 Å². The van der Waals surface area contributed by atoms with E-state index in [0.717, 1.165) is 66.8 Å². The fourth-order valence-electron chi connectivity index (χ4n) is 4.94. The van der Waals surface area contributed by atoms with Crippen molar-refractivity contribution in [3.63, 3.8) is 0 Å². The predicted octanol–water partition coefficient (Wildman–Crippen LogP) is 11.3. The Morgan fingerprint density at radius 2 is 1.30 bits per heavy atom. The molecule has 2 nitrogen and oxygen atoms in total. The third-order valence-corrected chi connectivity index (χ3v) is 7.42. The van der Waals surface area contributed by atoms with Crippen LogP contribution in [0.5, 0.6) is 5.75 Å². The van der Waals surface area contributed by atoms with E-state index in [1.54, 1.807) is 24.3 Å². The zero-order valence-corrected chi connectivity index (χ0v) is 24.9. The molecule has 0 fully saturated rings. The molecule has 0 saturated heterocycles. The smallest absolute Gasteiger partial charge is 0.419 e. The number of alkyl halides is 2. The van der Waals surface area contributed by atoms with Gasteiger partial charge in [-0.05, 0) is 83.6 Å². The zero-order chi connectivity index (χ0) is 33.7. The lowest BCUT2D eigenvalue weighted by atomic mass is 10.00. The quantitative estimate of drug-likeness (QED) is 0.0804. The molecule has 0 aliphatic rings. The Hall–Kier alpha value is -4.99. The maximum atomic E-state index is 14.9. The van der Waals surface area contributed by atoms with E-state index in [1.807, 2.05) is 18.3 Å². The number of unbranched alkanes of at least 4 members (excludes halogenated alkanes) is 2. The SMILES string of the molecule is CCCCCc1ccc(-c2ccc(-c3cc(F)c(/C=C/C(F)(F)Oc4ccc(-c5cc(F)c(F)c(F)c5)c(F)c4)c(F)c3)cc2)nc1. The van der Waals surface area contributed by atoms with Crippen LogP contribution in [0.25, 0.3) is 39.6 Å². The molecule has 0 unspecified atom stereocenters. The number of nitrogens with zero attached hydrogens (tertiary/aromatic N) is 1. The second kappa shape index (κ2) is 14.2. The van der Waals surface area contributed by atoms with Crippen molar-refractivity contribution in [1.29, 1.82) is 0 Å². The molecular formula is C37H27F8NO. The molecule has 0 aliphatic heterocycles. The van der Waals surface area contributed by atoms with Crippen molar-refractivity contribution in [2.45, 2.75) is 38.7 Å². The van der Waals surface area contributed by atoms with Crippen LogP contribution in [-0.2, 0) is 6.42 Å². The standard InChI is InChI=1S/C37H27F8NO/c1-2-3-4-5-22-6-13-35(46-21-22)24-9-7-23(8-10-24)25-16-30(38)29(31(39)17-25)14-15-37(44,45)47-27-11-12-28(32(40)20-27)26-18-33(41)36(43)34(42)19-26/h6-21H,2-5H2,1H3/b15-14+. The summed E-state index contributed by atoms with van der Waals surface area (Å²) < 4.78 is 118. The molecule has 1 heterocycles. The first kappa shape index (κ1) is 33.4. The summed E-state index contributed by atoms with van der Waals surface area (Å²) in [4.78, 5) is 4.51. The van der Waals surface area contributed by atoms with E-state index in [9.17, 15) is 35.1 Å². The molecule has 10 heteroatoms. The Balaban J connectivity index is 1.27. The summed E-state index contributed by atoms with van der Waals surface area (Å²) in [5, 5.41) is 0. The van der Waals surface area contributed by atoms with Gasteiger partial charge in [0.05, 0.1) is 5.69 Å². The molecular weight excluding hydrogens is 626 g/mol. The van der Waals surface area contributed by atoms with Crippen LogP contribution in [-0.4, -0.2) is 11.1 Å². The van der Waals surface area contributed by atoms with E-state index in [1.165, 1.54) is 0 Å². The highest BCUT2D eigenvalue weighted by atomic mass is 19.3. The van der Waals surface area contributed by atoms with E-state index >= 15 is 0 Å². The minimum Gasteiger partial charge on any atom is -0.429 e. The summed E-state index contributed by atoms with van der Waals surface area (Å²) in [6, 6.07) is 16.2. The first-order valence-electron chi connectivity index (χ1n) is 14.7. The normalized spacial score (nSPS) is 11.8. The monoisotopic (exact) mass is 653 g/mol. The molecule has 5 rings (SSSR count). The lowest BCUT2D eigenvalue weighted by Crippen LogP contribution is -2.21. The molecule has 5 aromatic rings. The Bertz CT molecular complexity index is 1860. The van der Waals surface area contributed by atoms with Gasteiger partial charge < -0.3 is 4.74 Å². The topological polar surface area (TPSA) is 22.1 Å². The predicted molar refractivity (Wildman–Crippen MR) is 165 cm³/mol. The number of aromatic nitrogens is 1. The molecule has 0 aliphatic carbocycles. The summed E-state index contributed by atoms with van der Waals surface area (Å²) in [5.74, 6) is -8.97. The molecule has 0 N–H and O–H groups in total. The third kappa shape index (κ3) is 8.06. The maximum Gasteiger partial charge on any atom is 0.419 e. The van der Waals surface area contributed by atoms with Gasteiger partial charge in [0.1, 0.15) is 23.2 Å². The van der Waals surface area contributed by atoms with E-state index in [0.29, 0.717) is 29.8 Å². The van der Waals surface area contributed by atoms with Crippen LogP contribution in [0, 0.1) is 34.9 Å². The molecule has 0 amide bonds. The van der Waals surface area contributed by atoms with Crippen molar-refractivity contribution in [2.75, 3.05) is 0 Å². The van der Waals surface area contributed by atoms with Gasteiger partial charge in [0.15, 0.2) is 17.5 Å². The van der Waals surface area contributed by atoms with Gasteiger partial charge in [0.25, 0.3) is 0 Å². The van der Waals surface area contributed by atoms with Gasteiger partial charge in [-0.1, -0.05) is 50.1 Å². The molecule has 0 atom stereocenters. The number of pyridine rings is 1. The number of ether oxygens (including phenoxy) is 1. The molecule has 242 valence electrons.